The van der Waals surface area contributed by atoms with Gasteiger partial charge in [0.15, 0.2) is 6.29 Å². The third kappa shape index (κ3) is 3.82. The van der Waals surface area contributed by atoms with Gasteiger partial charge in [0.2, 0.25) is 0 Å². The molecular weight excluding hydrogens is 396 g/mol. The van der Waals surface area contributed by atoms with E-state index in [1.165, 1.54) is 51.4 Å². The predicted octanol–water partition coefficient (Wildman–Crippen LogP) is 7.17. The number of rotatable bonds is 5. The zero-order chi connectivity index (χ0) is 22.5. The van der Waals surface area contributed by atoms with Gasteiger partial charge in [-0.2, -0.15) is 0 Å². The number of ketones is 1. The molecule has 4 saturated carbocycles. The molecule has 0 aromatic rings. The van der Waals surface area contributed by atoms with E-state index < -0.39 is 0 Å². The van der Waals surface area contributed by atoms with Crippen LogP contribution in [0.1, 0.15) is 111 Å². The summed E-state index contributed by atoms with van der Waals surface area (Å²) in [4.78, 5) is 12.6. The topological polar surface area (TPSA) is 35.5 Å². The van der Waals surface area contributed by atoms with Crippen molar-refractivity contribution >= 4 is 5.78 Å². The molecule has 5 rings (SSSR count). The molecule has 0 aromatic heterocycles. The first-order valence-corrected chi connectivity index (χ1v) is 14.2. The Balaban J connectivity index is 1.42. The summed E-state index contributed by atoms with van der Waals surface area (Å²) in [7, 11) is 0. The molecule has 0 bridgehead atoms. The number of hydrogen-bond acceptors (Lipinski definition) is 3. The molecule has 4 aliphatic carbocycles. The van der Waals surface area contributed by atoms with Crippen LogP contribution >= 0.6 is 0 Å². The molecule has 182 valence electrons. The van der Waals surface area contributed by atoms with Gasteiger partial charge in [0.25, 0.3) is 0 Å². The van der Waals surface area contributed by atoms with Gasteiger partial charge in [-0.15, -0.1) is 0 Å². The van der Waals surface area contributed by atoms with Crippen LogP contribution in [0, 0.1) is 46.3 Å². The van der Waals surface area contributed by atoms with Gasteiger partial charge in [-0.3, -0.25) is 4.79 Å². The molecule has 32 heavy (non-hydrogen) atoms. The Bertz CT molecular complexity index is 684. The third-order valence-corrected chi connectivity index (χ3v) is 11.4. The van der Waals surface area contributed by atoms with Gasteiger partial charge in [0.05, 0.1) is 6.10 Å². The van der Waals surface area contributed by atoms with Crippen LogP contribution in [0.5, 0.6) is 0 Å². The van der Waals surface area contributed by atoms with Crippen molar-refractivity contribution in [1.29, 1.82) is 0 Å². The van der Waals surface area contributed by atoms with Crippen molar-refractivity contribution in [2.24, 2.45) is 46.3 Å². The summed E-state index contributed by atoms with van der Waals surface area (Å²) in [5.74, 6) is 5.03. The van der Waals surface area contributed by atoms with Gasteiger partial charge in [0.1, 0.15) is 5.78 Å². The number of Topliss-reactive ketones (excluding diaryl/α,β-unsaturated/α-hetero) is 1. The smallest absolute Gasteiger partial charge is 0.157 e. The van der Waals surface area contributed by atoms with Crippen molar-refractivity contribution < 1.29 is 14.3 Å². The average molecular weight is 445 g/mol. The number of carbonyl (C=O) groups excluding carboxylic acids is 1. The highest BCUT2D eigenvalue weighted by Crippen LogP contribution is 2.68. The summed E-state index contributed by atoms with van der Waals surface area (Å²) in [6.07, 6.45) is 15.7. The zero-order valence-corrected chi connectivity index (χ0v) is 21.2. The second-order valence-electron chi connectivity index (χ2n) is 12.9. The first-order valence-electron chi connectivity index (χ1n) is 14.2. The lowest BCUT2D eigenvalue weighted by molar-refractivity contribution is -0.243. The fourth-order valence-electron chi connectivity index (χ4n) is 9.85. The highest BCUT2D eigenvalue weighted by atomic mass is 16.7. The fourth-order valence-corrected chi connectivity index (χ4v) is 9.85. The van der Waals surface area contributed by atoms with Crippen LogP contribution in [0.2, 0.25) is 0 Å². The molecule has 0 aromatic carbocycles. The van der Waals surface area contributed by atoms with Crippen LogP contribution in [0.4, 0.5) is 0 Å². The maximum atomic E-state index is 12.6. The van der Waals surface area contributed by atoms with Crippen LogP contribution in [0.3, 0.4) is 0 Å². The summed E-state index contributed by atoms with van der Waals surface area (Å²) < 4.78 is 12.8. The summed E-state index contributed by atoms with van der Waals surface area (Å²) in [5, 5.41) is 0. The molecular formula is C29H48O3. The SMILES string of the molecule is CCCC(C)C1CCC2C3CC(OC4CCCCO4)C4CC(=O)CCC4(C)C3CCC12C. The van der Waals surface area contributed by atoms with Crippen LogP contribution < -0.4 is 0 Å². The Kier molecular flexibility index (Phi) is 6.55. The Hall–Kier alpha value is -0.410. The molecule has 0 amide bonds. The van der Waals surface area contributed by atoms with E-state index in [-0.39, 0.29) is 17.8 Å². The Morgan fingerprint density at radius 3 is 2.59 bits per heavy atom. The third-order valence-electron chi connectivity index (χ3n) is 11.4. The van der Waals surface area contributed by atoms with Crippen LogP contribution in [-0.2, 0) is 14.3 Å². The van der Waals surface area contributed by atoms with Crippen molar-refractivity contribution in [3.63, 3.8) is 0 Å². The van der Waals surface area contributed by atoms with Gasteiger partial charge in [-0.1, -0.05) is 40.5 Å². The number of ether oxygens (including phenoxy) is 2. The van der Waals surface area contributed by atoms with Crippen molar-refractivity contribution in [2.45, 2.75) is 124 Å². The molecule has 1 aliphatic heterocycles. The van der Waals surface area contributed by atoms with Crippen molar-refractivity contribution in [2.75, 3.05) is 6.61 Å². The molecule has 0 spiro atoms. The second kappa shape index (κ2) is 8.99. The van der Waals surface area contributed by atoms with E-state index in [0.717, 1.165) is 68.3 Å². The number of hydrogen-bond donors (Lipinski definition) is 0. The van der Waals surface area contributed by atoms with Gasteiger partial charge in [-0.05, 0) is 104 Å². The highest BCUT2D eigenvalue weighted by molar-refractivity contribution is 5.79. The van der Waals surface area contributed by atoms with Crippen LogP contribution in [0.25, 0.3) is 0 Å². The largest absolute Gasteiger partial charge is 0.353 e. The monoisotopic (exact) mass is 444 g/mol. The zero-order valence-electron chi connectivity index (χ0n) is 21.2. The fraction of sp³-hybridized carbons (Fsp3) is 0.966. The van der Waals surface area contributed by atoms with E-state index in [4.69, 9.17) is 9.47 Å². The summed E-state index contributed by atoms with van der Waals surface area (Å²) >= 11 is 0. The van der Waals surface area contributed by atoms with Crippen molar-refractivity contribution in [1.82, 2.24) is 0 Å². The molecule has 0 N–H and O–H groups in total. The second-order valence-corrected chi connectivity index (χ2v) is 12.9. The summed E-state index contributed by atoms with van der Waals surface area (Å²) in [6.45, 7) is 10.9. The highest BCUT2D eigenvalue weighted by Gasteiger charge is 2.62. The van der Waals surface area contributed by atoms with Crippen molar-refractivity contribution in [3.05, 3.63) is 0 Å². The van der Waals surface area contributed by atoms with Crippen LogP contribution in [0.15, 0.2) is 0 Å². The van der Waals surface area contributed by atoms with Gasteiger partial charge in [0, 0.05) is 19.4 Å². The molecule has 3 heteroatoms. The van der Waals surface area contributed by atoms with E-state index in [1.54, 1.807) is 0 Å². The lowest BCUT2D eigenvalue weighted by Crippen LogP contribution is -2.59. The molecule has 1 saturated heterocycles. The molecule has 10 unspecified atom stereocenters. The van der Waals surface area contributed by atoms with E-state index in [0.29, 0.717) is 17.1 Å². The van der Waals surface area contributed by atoms with E-state index in [9.17, 15) is 4.79 Å². The predicted molar refractivity (Wildman–Crippen MR) is 128 cm³/mol. The van der Waals surface area contributed by atoms with E-state index in [2.05, 4.69) is 27.7 Å². The Morgan fingerprint density at radius 2 is 1.84 bits per heavy atom. The summed E-state index contributed by atoms with van der Waals surface area (Å²) in [5.41, 5.74) is 0.778. The Labute approximate surface area is 196 Å². The minimum Gasteiger partial charge on any atom is -0.353 e. The van der Waals surface area contributed by atoms with Crippen LogP contribution in [-0.4, -0.2) is 24.8 Å². The maximum absolute atomic E-state index is 12.6. The molecule has 5 fully saturated rings. The standard InChI is InChI=1S/C29H48O3/c1-5-8-19(2)22-10-11-23-21-18-26(32-27-9-6-7-16-31-27)25-17-20(30)12-14-29(25,4)24(21)13-15-28(22,23)3/h19,21-27H,5-18H2,1-4H3. The molecule has 0 radical (unpaired) electrons. The Morgan fingerprint density at radius 1 is 1.03 bits per heavy atom. The molecule has 10 atom stereocenters. The van der Waals surface area contributed by atoms with E-state index >= 15 is 0 Å². The minimum atomic E-state index is -0.0394. The quantitative estimate of drug-likeness (QED) is 0.422. The van der Waals surface area contributed by atoms with E-state index in [1.807, 2.05) is 0 Å². The minimum absolute atomic E-state index is 0.0394. The number of fused-ring (bicyclic) bond motifs is 5. The van der Waals surface area contributed by atoms with Gasteiger partial charge >= 0.3 is 0 Å². The molecule has 3 nitrogen and oxygen atoms in total. The van der Waals surface area contributed by atoms with Crippen molar-refractivity contribution in [3.8, 4) is 0 Å². The first-order chi connectivity index (χ1) is 15.4. The molecule has 1 heterocycles. The maximum Gasteiger partial charge on any atom is 0.157 e. The lowest BCUT2D eigenvalue weighted by atomic mass is 9.44. The summed E-state index contributed by atoms with van der Waals surface area (Å²) in [6, 6.07) is 0. The number of carbonyl (C=O) groups is 1. The molecule has 5 aliphatic rings. The van der Waals surface area contributed by atoms with Gasteiger partial charge < -0.3 is 9.47 Å². The normalized spacial score (nSPS) is 49.8. The average Bonchev–Trinajstić information content (AvgIpc) is 3.13. The lowest BCUT2D eigenvalue weighted by Gasteiger charge is -2.62. The first kappa shape index (κ1) is 23.3. The van der Waals surface area contributed by atoms with Gasteiger partial charge in [-0.25, -0.2) is 0 Å².